The summed E-state index contributed by atoms with van der Waals surface area (Å²) in [4.78, 5) is 10.6. The normalized spacial score (nSPS) is 12.8. The fourth-order valence-corrected chi connectivity index (χ4v) is 1.58. The minimum atomic E-state index is -2.62. The lowest BCUT2D eigenvalue weighted by molar-refractivity contribution is -0.141. The molecule has 0 saturated heterocycles. The molecule has 0 aliphatic rings. The number of hydrogen-bond acceptors (Lipinski definition) is 1. The van der Waals surface area contributed by atoms with E-state index in [2.05, 4.69) is 0 Å². The van der Waals surface area contributed by atoms with Crippen LogP contribution in [-0.4, -0.2) is 11.1 Å². The van der Waals surface area contributed by atoms with Crippen LogP contribution in [0.4, 0.5) is 8.78 Å². The van der Waals surface area contributed by atoms with Crippen LogP contribution in [0.15, 0.2) is 18.2 Å². The molecule has 1 aromatic rings. The zero-order chi connectivity index (χ0) is 12.3. The van der Waals surface area contributed by atoms with Gasteiger partial charge in [0.2, 0.25) is 0 Å². The molecular formula is C11H11ClF2O2. The summed E-state index contributed by atoms with van der Waals surface area (Å²) < 4.78 is 25.2. The number of aliphatic carboxylic acids is 1. The van der Waals surface area contributed by atoms with Gasteiger partial charge in [-0.15, -0.1) is 0 Å². The van der Waals surface area contributed by atoms with E-state index < -0.39 is 18.3 Å². The first kappa shape index (κ1) is 12.9. The summed E-state index contributed by atoms with van der Waals surface area (Å²) in [6, 6.07) is 4.00. The van der Waals surface area contributed by atoms with Crippen LogP contribution in [-0.2, 0) is 11.2 Å². The Kier molecular flexibility index (Phi) is 4.24. The van der Waals surface area contributed by atoms with Crippen molar-refractivity contribution in [3.8, 4) is 0 Å². The molecule has 0 fully saturated rings. The zero-order valence-electron chi connectivity index (χ0n) is 8.58. The van der Waals surface area contributed by atoms with E-state index in [0.29, 0.717) is 5.02 Å². The Morgan fingerprint density at radius 2 is 2.12 bits per heavy atom. The molecule has 0 bridgehead atoms. The molecule has 1 unspecified atom stereocenters. The fourth-order valence-electron chi connectivity index (χ4n) is 1.38. The van der Waals surface area contributed by atoms with Crippen LogP contribution in [0.5, 0.6) is 0 Å². The first-order chi connectivity index (χ1) is 7.41. The highest BCUT2D eigenvalue weighted by molar-refractivity contribution is 6.30. The second-order valence-electron chi connectivity index (χ2n) is 3.59. The summed E-state index contributed by atoms with van der Waals surface area (Å²) in [6.07, 6.45) is -2.57. The van der Waals surface area contributed by atoms with Gasteiger partial charge in [0.05, 0.1) is 5.92 Å². The molecule has 88 valence electrons. The Hall–Kier alpha value is -1.16. The smallest absolute Gasteiger partial charge is 0.306 e. The van der Waals surface area contributed by atoms with Gasteiger partial charge < -0.3 is 5.11 Å². The Morgan fingerprint density at radius 3 is 2.62 bits per heavy atom. The van der Waals surface area contributed by atoms with Crippen molar-refractivity contribution < 1.29 is 18.7 Å². The van der Waals surface area contributed by atoms with Crippen molar-refractivity contribution in [1.82, 2.24) is 0 Å². The molecule has 0 aromatic heterocycles. The second kappa shape index (κ2) is 5.25. The number of carboxylic acid groups (broad SMARTS) is 1. The van der Waals surface area contributed by atoms with Gasteiger partial charge in [-0.1, -0.05) is 24.6 Å². The van der Waals surface area contributed by atoms with E-state index >= 15 is 0 Å². The Labute approximate surface area is 96.8 Å². The number of halogens is 3. The zero-order valence-corrected chi connectivity index (χ0v) is 9.34. The van der Waals surface area contributed by atoms with Crippen molar-refractivity contribution in [2.24, 2.45) is 5.92 Å². The Balaban J connectivity index is 3.01. The van der Waals surface area contributed by atoms with Gasteiger partial charge in [-0.25, -0.2) is 8.78 Å². The van der Waals surface area contributed by atoms with Crippen LogP contribution in [0.25, 0.3) is 0 Å². The van der Waals surface area contributed by atoms with Crippen molar-refractivity contribution in [2.75, 3.05) is 0 Å². The van der Waals surface area contributed by atoms with E-state index in [0.717, 1.165) is 0 Å². The Morgan fingerprint density at radius 1 is 1.50 bits per heavy atom. The highest BCUT2D eigenvalue weighted by atomic mass is 35.5. The van der Waals surface area contributed by atoms with Gasteiger partial charge in [0.1, 0.15) is 0 Å². The summed E-state index contributed by atoms with van der Waals surface area (Å²) in [6.45, 7) is 1.47. The van der Waals surface area contributed by atoms with Gasteiger partial charge in [-0.05, 0) is 24.1 Å². The van der Waals surface area contributed by atoms with Crippen molar-refractivity contribution in [1.29, 1.82) is 0 Å². The second-order valence-corrected chi connectivity index (χ2v) is 4.02. The lowest BCUT2D eigenvalue weighted by Gasteiger charge is -2.11. The number of alkyl halides is 2. The average Bonchev–Trinajstić information content (AvgIpc) is 2.16. The lowest BCUT2D eigenvalue weighted by Crippen LogP contribution is -2.13. The van der Waals surface area contributed by atoms with Crippen LogP contribution in [0.2, 0.25) is 5.02 Å². The van der Waals surface area contributed by atoms with Gasteiger partial charge in [-0.3, -0.25) is 4.79 Å². The van der Waals surface area contributed by atoms with Crippen molar-refractivity contribution in [2.45, 2.75) is 19.8 Å². The van der Waals surface area contributed by atoms with Crippen molar-refractivity contribution >= 4 is 17.6 Å². The fraction of sp³-hybridized carbons (Fsp3) is 0.364. The van der Waals surface area contributed by atoms with Gasteiger partial charge in [0, 0.05) is 10.6 Å². The van der Waals surface area contributed by atoms with E-state index in [1.54, 1.807) is 0 Å². The number of carbonyl (C=O) groups is 1. The van der Waals surface area contributed by atoms with Gasteiger partial charge in [-0.2, -0.15) is 0 Å². The molecule has 0 spiro atoms. The number of benzene rings is 1. The van der Waals surface area contributed by atoms with Crippen LogP contribution in [0.1, 0.15) is 24.5 Å². The number of rotatable bonds is 4. The van der Waals surface area contributed by atoms with Crippen molar-refractivity contribution in [3.05, 3.63) is 34.3 Å². The maximum Gasteiger partial charge on any atom is 0.306 e. The largest absolute Gasteiger partial charge is 0.481 e. The lowest BCUT2D eigenvalue weighted by atomic mass is 9.97. The molecule has 0 aliphatic heterocycles. The molecular weight excluding hydrogens is 238 g/mol. The van der Waals surface area contributed by atoms with Crippen LogP contribution >= 0.6 is 11.6 Å². The molecule has 0 radical (unpaired) electrons. The van der Waals surface area contributed by atoms with E-state index in [4.69, 9.17) is 16.7 Å². The quantitative estimate of drug-likeness (QED) is 0.885. The summed E-state index contributed by atoms with van der Waals surface area (Å²) >= 11 is 5.69. The van der Waals surface area contributed by atoms with E-state index in [1.165, 1.54) is 25.1 Å². The molecule has 1 atom stereocenters. The van der Waals surface area contributed by atoms with Crippen LogP contribution in [0.3, 0.4) is 0 Å². The third-order valence-corrected chi connectivity index (χ3v) is 2.52. The first-order valence-corrected chi connectivity index (χ1v) is 5.09. The van der Waals surface area contributed by atoms with Gasteiger partial charge in [0.15, 0.2) is 0 Å². The molecule has 2 nitrogen and oxygen atoms in total. The van der Waals surface area contributed by atoms with Crippen LogP contribution < -0.4 is 0 Å². The summed E-state index contributed by atoms with van der Waals surface area (Å²) in [5.74, 6) is -1.73. The molecule has 0 amide bonds. The average molecular weight is 249 g/mol. The molecule has 1 rings (SSSR count). The molecule has 1 aromatic carbocycles. The van der Waals surface area contributed by atoms with E-state index in [1.807, 2.05) is 0 Å². The standard InChI is InChI=1S/C11H11ClF2O2/c1-6(11(15)16)4-7-5-8(12)2-3-9(7)10(13)14/h2-3,5-6,10H,4H2,1H3,(H,15,16). The number of hydrogen-bond donors (Lipinski definition) is 1. The first-order valence-electron chi connectivity index (χ1n) is 4.71. The van der Waals surface area contributed by atoms with Crippen LogP contribution in [0, 0.1) is 5.92 Å². The Bertz CT molecular complexity index is 394. The molecule has 1 N–H and O–H groups in total. The minimum absolute atomic E-state index is 0.0512. The van der Waals surface area contributed by atoms with E-state index in [-0.39, 0.29) is 17.5 Å². The maximum absolute atomic E-state index is 12.6. The molecule has 5 heteroatoms. The van der Waals surface area contributed by atoms with Gasteiger partial charge in [0.25, 0.3) is 6.43 Å². The monoisotopic (exact) mass is 248 g/mol. The molecule has 0 aliphatic carbocycles. The van der Waals surface area contributed by atoms with E-state index in [9.17, 15) is 13.6 Å². The third kappa shape index (κ3) is 3.17. The van der Waals surface area contributed by atoms with Crippen molar-refractivity contribution in [3.63, 3.8) is 0 Å². The predicted molar refractivity (Wildman–Crippen MR) is 56.9 cm³/mol. The summed E-state index contributed by atoms with van der Waals surface area (Å²) in [7, 11) is 0. The minimum Gasteiger partial charge on any atom is -0.481 e. The van der Waals surface area contributed by atoms with Gasteiger partial charge >= 0.3 is 5.97 Å². The topological polar surface area (TPSA) is 37.3 Å². The highest BCUT2D eigenvalue weighted by Gasteiger charge is 2.18. The molecule has 0 saturated carbocycles. The predicted octanol–water partition coefficient (Wildman–Crippen LogP) is 3.54. The molecule has 16 heavy (non-hydrogen) atoms. The third-order valence-electron chi connectivity index (χ3n) is 2.29. The number of carboxylic acids is 1. The maximum atomic E-state index is 12.6. The highest BCUT2D eigenvalue weighted by Crippen LogP contribution is 2.27. The summed E-state index contributed by atoms with van der Waals surface area (Å²) in [5.41, 5.74) is 0.134. The SMILES string of the molecule is CC(Cc1cc(Cl)ccc1C(F)F)C(=O)O. The molecule has 0 heterocycles. The summed E-state index contributed by atoms with van der Waals surface area (Å²) in [5, 5.41) is 9.05.